The van der Waals surface area contributed by atoms with Crippen LogP contribution >= 0.6 is 0 Å². The fraction of sp³-hybridized carbons (Fsp3) is 0.364. The van der Waals surface area contributed by atoms with Gasteiger partial charge in [-0.25, -0.2) is 12.8 Å². The average Bonchev–Trinajstić information content (AvgIpc) is 2.56. The van der Waals surface area contributed by atoms with Crippen LogP contribution in [0.1, 0.15) is 16.8 Å². The molecule has 0 aromatic heterocycles. The minimum absolute atomic E-state index is 0.0659. The van der Waals surface area contributed by atoms with Gasteiger partial charge in [0.05, 0.1) is 11.5 Å². The second-order valence-corrected chi connectivity index (χ2v) is 6.58. The number of benzene rings is 1. The van der Waals surface area contributed by atoms with Gasteiger partial charge in [-0.1, -0.05) is 0 Å². The molecule has 0 bridgehead atoms. The van der Waals surface area contributed by atoms with Crippen molar-refractivity contribution in [1.29, 1.82) is 0 Å². The van der Waals surface area contributed by atoms with Crippen LogP contribution in [0.2, 0.25) is 0 Å². The van der Waals surface area contributed by atoms with Crippen LogP contribution in [0.4, 0.5) is 10.1 Å². The van der Waals surface area contributed by atoms with Gasteiger partial charge in [0.2, 0.25) is 0 Å². The van der Waals surface area contributed by atoms with Gasteiger partial charge < -0.3 is 11.1 Å². The highest BCUT2D eigenvalue weighted by Gasteiger charge is 2.29. The van der Waals surface area contributed by atoms with E-state index in [2.05, 4.69) is 5.32 Å². The lowest BCUT2D eigenvalue weighted by atomic mass is 10.1. The van der Waals surface area contributed by atoms with Crippen molar-refractivity contribution in [3.05, 3.63) is 29.6 Å². The Bertz CT molecular complexity index is 566. The molecule has 1 amide bonds. The maximum Gasteiger partial charge on any atom is 0.251 e. The van der Waals surface area contributed by atoms with E-state index in [1.54, 1.807) is 0 Å². The Balaban J connectivity index is 2.08. The van der Waals surface area contributed by atoms with Crippen LogP contribution in [0.5, 0.6) is 0 Å². The third-order valence-electron chi connectivity index (χ3n) is 2.75. The van der Waals surface area contributed by atoms with E-state index in [-0.39, 0.29) is 22.8 Å². The summed E-state index contributed by atoms with van der Waals surface area (Å²) in [5, 5.41) is 2.56. The van der Waals surface area contributed by atoms with Crippen LogP contribution in [0.25, 0.3) is 0 Å². The van der Waals surface area contributed by atoms with Gasteiger partial charge in [-0.15, -0.1) is 0 Å². The zero-order valence-electron chi connectivity index (χ0n) is 9.52. The second kappa shape index (κ2) is 4.56. The Morgan fingerprint density at radius 2 is 2.11 bits per heavy atom. The fourth-order valence-electron chi connectivity index (χ4n) is 1.92. The molecule has 0 saturated carbocycles. The molecule has 1 aliphatic rings. The molecule has 1 aliphatic heterocycles. The summed E-state index contributed by atoms with van der Waals surface area (Å²) in [6.07, 6.45) is 0.388. The molecule has 2 rings (SSSR count). The van der Waals surface area contributed by atoms with Gasteiger partial charge in [0.1, 0.15) is 5.82 Å². The number of hydrogen-bond acceptors (Lipinski definition) is 4. The average molecular weight is 272 g/mol. The van der Waals surface area contributed by atoms with Crippen molar-refractivity contribution >= 4 is 21.4 Å². The van der Waals surface area contributed by atoms with E-state index in [9.17, 15) is 17.6 Å². The molecule has 0 radical (unpaired) electrons. The van der Waals surface area contributed by atoms with Crippen LogP contribution in [0, 0.1) is 5.82 Å². The first-order chi connectivity index (χ1) is 8.35. The highest BCUT2D eigenvalue weighted by Crippen LogP contribution is 2.14. The quantitative estimate of drug-likeness (QED) is 0.759. The molecule has 1 fully saturated rings. The monoisotopic (exact) mass is 272 g/mol. The number of carbonyl (C=O) groups is 1. The molecule has 1 saturated heterocycles. The van der Waals surface area contributed by atoms with E-state index in [1.807, 2.05) is 0 Å². The predicted octanol–water partition coefficient (Wildman–Crippen LogP) is 0.325. The standard InChI is InChI=1S/C11H13FN2O3S/c12-8-3-7(4-9(13)5-8)11(15)14-10-1-2-18(16,17)6-10/h3-5,10H,1-2,6,13H2,(H,14,15). The Hall–Kier alpha value is -1.63. The molecule has 1 aromatic carbocycles. The van der Waals surface area contributed by atoms with Crippen LogP contribution < -0.4 is 11.1 Å². The summed E-state index contributed by atoms with van der Waals surface area (Å²) < 4.78 is 35.5. The molecule has 7 heteroatoms. The molecule has 1 atom stereocenters. The van der Waals surface area contributed by atoms with Crippen molar-refractivity contribution in [3.63, 3.8) is 0 Å². The van der Waals surface area contributed by atoms with E-state index in [1.165, 1.54) is 6.07 Å². The minimum atomic E-state index is -3.05. The second-order valence-electron chi connectivity index (χ2n) is 4.35. The lowest BCUT2D eigenvalue weighted by Crippen LogP contribution is -2.35. The Labute approximate surface area is 104 Å². The highest BCUT2D eigenvalue weighted by atomic mass is 32.2. The molecule has 1 aromatic rings. The molecule has 0 spiro atoms. The van der Waals surface area contributed by atoms with Gasteiger partial charge in [0.15, 0.2) is 9.84 Å². The van der Waals surface area contributed by atoms with Crippen molar-refractivity contribution in [2.24, 2.45) is 0 Å². The molecule has 3 N–H and O–H groups in total. The normalized spacial score (nSPS) is 21.7. The number of amides is 1. The first kappa shape index (κ1) is 12.8. The van der Waals surface area contributed by atoms with E-state index in [0.717, 1.165) is 12.1 Å². The van der Waals surface area contributed by atoms with E-state index in [4.69, 9.17) is 5.73 Å². The van der Waals surface area contributed by atoms with Gasteiger partial charge in [-0.3, -0.25) is 4.79 Å². The zero-order valence-corrected chi connectivity index (χ0v) is 10.3. The first-order valence-electron chi connectivity index (χ1n) is 5.43. The van der Waals surface area contributed by atoms with Crippen LogP contribution in [-0.2, 0) is 9.84 Å². The number of rotatable bonds is 2. The SMILES string of the molecule is Nc1cc(F)cc(C(=O)NC2CCS(=O)(=O)C2)c1. The number of sulfone groups is 1. The van der Waals surface area contributed by atoms with Crippen molar-refractivity contribution in [1.82, 2.24) is 5.32 Å². The Morgan fingerprint density at radius 3 is 2.67 bits per heavy atom. The largest absolute Gasteiger partial charge is 0.399 e. The van der Waals surface area contributed by atoms with Gasteiger partial charge in [0, 0.05) is 17.3 Å². The predicted molar refractivity (Wildman–Crippen MR) is 65.3 cm³/mol. The van der Waals surface area contributed by atoms with Crippen molar-refractivity contribution in [3.8, 4) is 0 Å². The Kier molecular flexibility index (Phi) is 3.25. The number of nitrogens with one attached hydrogen (secondary N) is 1. The van der Waals surface area contributed by atoms with Crippen LogP contribution in [0.15, 0.2) is 18.2 Å². The molecule has 5 nitrogen and oxygen atoms in total. The third-order valence-corrected chi connectivity index (χ3v) is 4.52. The summed E-state index contributed by atoms with van der Waals surface area (Å²) in [5.41, 5.74) is 5.68. The number of nitrogens with two attached hydrogens (primary N) is 1. The number of hydrogen-bond donors (Lipinski definition) is 2. The summed E-state index contributed by atoms with van der Waals surface area (Å²) >= 11 is 0. The molecule has 0 aliphatic carbocycles. The van der Waals surface area contributed by atoms with Crippen LogP contribution in [0.3, 0.4) is 0 Å². The van der Waals surface area contributed by atoms with Gasteiger partial charge >= 0.3 is 0 Å². The fourth-order valence-corrected chi connectivity index (χ4v) is 3.59. The van der Waals surface area contributed by atoms with Gasteiger partial charge in [-0.05, 0) is 24.6 Å². The maximum absolute atomic E-state index is 13.1. The summed E-state index contributed by atoms with van der Waals surface area (Å²) in [7, 11) is -3.05. The molecule has 18 heavy (non-hydrogen) atoms. The molecule has 98 valence electrons. The lowest BCUT2D eigenvalue weighted by molar-refractivity contribution is 0.0940. The van der Waals surface area contributed by atoms with Gasteiger partial charge in [-0.2, -0.15) is 0 Å². The molecular formula is C11H13FN2O3S. The van der Waals surface area contributed by atoms with E-state index >= 15 is 0 Å². The lowest BCUT2D eigenvalue weighted by Gasteiger charge is -2.11. The minimum Gasteiger partial charge on any atom is -0.399 e. The van der Waals surface area contributed by atoms with Gasteiger partial charge in [0.25, 0.3) is 5.91 Å². The summed E-state index contributed by atoms with van der Waals surface area (Å²) in [4.78, 5) is 11.8. The van der Waals surface area contributed by atoms with E-state index < -0.39 is 27.6 Å². The number of anilines is 1. The molecule has 1 heterocycles. The van der Waals surface area contributed by atoms with Crippen molar-refractivity contribution in [2.45, 2.75) is 12.5 Å². The maximum atomic E-state index is 13.1. The molecule has 1 unspecified atom stereocenters. The smallest absolute Gasteiger partial charge is 0.251 e. The zero-order chi connectivity index (χ0) is 13.3. The highest BCUT2D eigenvalue weighted by molar-refractivity contribution is 7.91. The van der Waals surface area contributed by atoms with E-state index in [0.29, 0.717) is 6.42 Å². The Morgan fingerprint density at radius 1 is 1.39 bits per heavy atom. The van der Waals surface area contributed by atoms with Crippen LogP contribution in [-0.4, -0.2) is 31.9 Å². The van der Waals surface area contributed by atoms with Crippen molar-refractivity contribution in [2.75, 3.05) is 17.2 Å². The summed E-state index contributed by atoms with van der Waals surface area (Å²) in [5.74, 6) is -1.10. The number of halogens is 1. The topological polar surface area (TPSA) is 89.3 Å². The number of nitrogen functional groups attached to an aromatic ring is 1. The summed E-state index contributed by atoms with van der Waals surface area (Å²) in [6, 6.07) is 3.11. The van der Waals surface area contributed by atoms with Crippen molar-refractivity contribution < 1.29 is 17.6 Å². The third kappa shape index (κ3) is 2.98. The number of carbonyl (C=O) groups excluding carboxylic acids is 1. The summed E-state index contributed by atoms with van der Waals surface area (Å²) in [6.45, 7) is 0. The molecular weight excluding hydrogens is 259 g/mol. The first-order valence-corrected chi connectivity index (χ1v) is 7.25.